The molecule has 0 saturated heterocycles. The normalized spacial score (nSPS) is 12.6. The number of ether oxygens (including phenoxy) is 1. The Morgan fingerprint density at radius 1 is 1.05 bits per heavy atom. The van der Waals surface area contributed by atoms with Crippen molar-refractivity contribution >= 4 is 33.2 Å². The molecule has 0 aliphatic rings. The van der Waals surface area contributed by atoms with E-state index in [1.54, 1.807) is 0 Å². The maximum Gasteiger partial charge on any atom is 0.273 e. The van der Waals surface area contributed by atoms with E-state index in [1.165, 1.54) is 86.5 Å². The van der Waals surface area contributed by atoms with E-state index in [0.29, 0.717) is 17.7 Å². The van der Waals surface area contributed by atoms with Crippen molar-refractivity contribution in [1.82, 2.24) is 10.2 Å². The van der Waals surface area contributed by atoms with E-state index >= 15 is 0 Å². The van der Waals surface area contributed by atoms with Crippen molar-refractivity contribution in [2.24, 2.45) is 0 Å². The van der Waals surface area contributed by atoms with Gasteiger partial charge in [-0.2, -0.15) is 0 Å². The summed E-state index contributed by atoms with van der Waals surface area (Å²) in [6.45, 7) is 5.87. The van der Waals surface area contributed by atoms with Gasteiger partial charge in [0.2, 0.25) is 11.8 Å². The number of nitrogens with one attached hydrogen (secondary N) is 1. The monoisotopic (exact) mass is 614 g/mol. The maximum absolute atomic E-state index is 14.0. The Morgan fingerprint density at radius 3 is 2.23 bits per heavy atom. The molecular formula is C30H35FN4O7S. The first kappa shape index (κ1) is 33.0. The predicted octanol–water partition coefficient (Wildman–Crippen LogP) is 4.58. The molecule has 1 N–H and O–H groups in total. The number of hydrogen-bond donors (Lipinski definition) is 1. The first-order chi connectivity index (χ1) is 20.3. The number of hydrogen-bond acceptors (Lipinski definition) is 7. The van der Waals surface area contributed by atoms with Gasteiger partial charge in [0.15, 0.2) is 0 Å². The molecule has 3 aromatic rings. The number of carbonyl (C=O) groups excluding carboxylic acids is 2. The zero-order valence-electron chi connectivity index (χ0n) is 24.6. The average molecular weight is 615 g/mol. The Morgan fingerprint density at radius 2 is 1.67 bits per heavy atom. The summed E-state index contributed by atoms with van der Waals surface area (Å²) in [4.78, 5) is 38.8. The summed E-state index contributed by atoms with van der Waals surface area (Å²) < 4.78 is 47.6. The molecule has 230 valence electrons. The SMILES string of the molecule is CCC(C)NC(=O)C(C)N(Cc1ccc(F)cc1)C(=O)CN(c1ccc(OC)cc1)S(=O)(=O)c1ccc(C)c([N+](=O)[O-])c1. The van der Waals surface area contributed by atoms with Crippen LogP contribution < -0.4 is 14.4 Å². The number of halogens is 1. The molecule has 2 unspecified atom stereocenters. The van der Waals surface area contributed by atoms with Gasteiger partial charge in [0, 0.05) is 24.2 Å². The second kappa shape index (κ2) is 14.1. The van der Waals surface area contributed by atoms with Gasteiger partial charge in [-0.05, 0) is 75.2 Å². The standard InChI is InChI=1S/C30H35FN4O7S/c1-6-21(3)32-30(37)22(4)33(18-23-8-10-24(31)11-9-23)29(36)19-34(25-12-14-26(42-5)15-13-25)43(40,41)27-16-7-20(2)28(17-27)35(38)39/h7-17,21-22H,6,18-19H2,1-5H3,(H,32,37). The Balaban J connectivity index is 2.08. The molecule has 0 spiro atoms. The van der Waals surface area contributed by atoms with Gasteiger partial charge in [0.25, 0.3) is 15.7 Å². The summed E-state index contributed by atoms with van der Waals surface area (Å²) in [5.74, 6) is -1.21. The number of anilines is 1. The quantitative estimate of drug-likeness (QED) is 0.220. The molecule has 0 aliphatic carbocycles. The number of nitro benzene ring substituents is 1. The van der Waals surface area contributed by atoms with Gasteiger partial charge in [0.1, 0.15) is 24.2 Å². The van der Waals surface area contributed by atoms with E-state index in [-0.39, 0.29) is 28.7 Å². The van der Waals surface area contributed by atoms with Gasteiger partial charge < -0.3 is 15.0 Å². The molecular weight excluding hydrogens is 579 g/mol. The molecule has 0 bridgehead atoms. The van der Waals surface area contributed by atoms with E-state index in [2.05, 4.69) is 5.32 Å². The van der Waals surface area contributed by atoms with Crippen LogP contribution in [-0.2, 0) is 26.2 Å². The third-order valence-electron chi connectivity index (χ3n) is 7.04. The molecule has 0 fully saturated rings. The van der Waals surface area contributed by atoms with Crippen LogP contribution in [0.5, 0.6) is 5.75 Å². The van der Waals surface area contributed by atoms with Crippen molar-refractivity contribution in [2.75, 3.05) is 18.0 Å². The van der Waals surface area contributed by atoms with E-state index in [0.717, 1.165) is 10.4 Å². The van der Waals surface area contributed by atoms with E-state index in [1.807, 2.05) is 13.8 Å². The van der Waals surface area contributed by atoms with Crippen molar-refractivity contribution in [3.8, 4) is 5.75 Å². The number of methoxy groups -OCH3 is 1. The van der Waals surface area contributed by atoms with Crippen LogP contribution in [0.3, 0.4) is 0 Å². The lowest BCUT2D eigenvalue weighted by Gasteiger charge is -2.32. The molecule has 2 atom stereocenters. The zero-order chi connectivity index (χ0) is 31.9. The fraction of sp³-hybridized carbons (Fsp3) is 0.333. The van der Waals surface area contributed by atoms with Gasteiger partial charge in [-0.1, -0.05) is 25.1 Å². The topological polar surface area (TPSA) is 139 Å². The summed E-state index contributed by atoms with van der Waals surface area (Å²) in [6, 6.07) is 13.6. The van der Waals surface area contributed by atoms with Crippen molar-refractivity contribution < 1.29 is 32.1 Å². The predicted molar refractivity (Wildman–Crippen MR) is 160 cm³/mol. The van der Waals surface area contributed by atoms with Crippen molar-refractivity contribution in [2.45, 2.75) is 57.6 Å². The van der Waals surface area contributed by atoms with Crippen LogP contribution >= 0.6 is 0 Å². The molecule has 43 heavy (non-hydrogen) atoms. The van der Waals surface area contributed by atoms with Gasteiger partial charge >= 0.3 is 0 Å². The highest BCUT2D eigenvalue weighted by Crippen LogP contribution is 2.29. The van der Waals surface area contributed by atoms with Crippen LogP contribution in [0.2, 0.25) is 0 Å². The van der Waals surface area contributed by atoms with Crippen LogP contribution in [0, 0.1) is 22.9 Å². The van der Waals surface area contributed by atoms with Gasteiger partial charge in [-0.3, -0.25) is 24.0 Å². The summed E-state index contributed by atoms with van der Waals surface area (Å²) in [5.41, 5.74) is 0.486. The molecule has 0 heterocycles. The Bertz CT molecular complexity index is 1560. The van der Waals surface area contributed by atoms with Crippen LogP contribution in [0.25, 0.3) is 0 Å². The molecule has 3 rings (SSSR count). The molecule has 0 aromatic heterocycles. The molecule has 3 aromatic carbocycles. The summed E-state index contributed by atoms with van der Waals surface area (Å²) in [5, 5.41) is 14.4. The Labute approximate surface area is 250 Å². The number of carbonyl (C=O) groups is 2. The fourth-order valence-corrected chi connectivity index (χ4v) is 5.62. The molecule has 13 heteroatoms. The number of sulfonamides is 1. The molecule has 0 aliphatic heterocycles. The number of aryl methyl sites for hydroxylation is 1. The number of rotatable bonds is 13. The molecule has 2 amide bonds. The van der Waals surface area contributed by atoms with E-state index in [4.69, 9.17) is 4.74 Å². The minimum atomic E-state index is -4.53. The lowest BCUT2D eigenvalue weighted by molar-refractivity contribution is -0.385. The minimum absolute atomic E-state index is 0.0934. The third-order valence-corrected chi connectivity index (χ3v) is 8.81. The lowest BCUT2D eigenvalue weighted by atomic mass is 10.1. The highest BCUT2D eigenvalue weighted by atomic mass is 32.2. The van der Waals surface area contributed by atoms with Crippen LogP contribution in [0.4, 0.5) is 15.8 Å². The van der Waals surface area contributed by atoms with E-state index < -0.39 is 50.9 Å². The van der Waals surface area contributed by atoms with Crippen molar-refractivity contribution in [1.29, 1.82) is 0 Å². The summed E-state index contributed by atoms with van der Waals surface area (Å²) >= 11 is 0. The highest BCUT2D eigenvalue weighted by Gasteiger charge is 2.33. The fourth-order valence-electron chi connectivity index (χ4n) is 4.19. The van der Waals surface area contributed by atoms with Crippen molar-refractivity contribution in [3.05, 3.63) is 93.8 Å². The Kier molecular flexibility index (Phi) is 10.8. The summed E-state index contributed by atoms with van der Waals surface area (Å²) in [7, 11) is -3.09. The van der Waals surface area contributed by atoms with Gasteiger partial charge in [-0.25, -0.2) is 12.8 Å². The largest absolute Gasteiger partial charge is 0.497 e. The molecule has 0 saturated carbocycles. The van der Waals surface area contributed by atoms with Gasteiger partial charge in [0.05, 0.1) is 22.6 Å². The highest BCUT2D eigenvalue weighted by molar-refractivity contribution is 7.92. The first-order valence-corrected chi connectivity index (χ1v) is 15.0. The second-order valence-electron chi connectivity index (χ2n) is 10.1. The van der Waals surface area contributed by atoms with Crippen molar-refractivity contribution in [3.63, 3.8) is 0 Å². The molecule has 0 radical (unpaired) electrons. The van der Waals surface area contributed by atoms with E-state index in [9.17, 15) is 32.5 Å². The minimum Gasteiger partial charge on any atom is -0.497 e. The smallest absolute Gasteiger partial charge is 0.273 e. The molecule has 11 nitrogen and oxygen atoms in total. The Hall–Kier alpha value is -4.52. The van der Waals surface area contributed by atoms with Crippen LogP contribution in [-0.4, -0.2) is 55.8 Å². The summed E-state index contributed by atoms with van der Waals surface area (Å²) in [6.07, 6.45) is 0.649. The number of benzene rings is 3. The first-order valence-electron chi connectivity index (χ1n) is 13.5. The number of amides is 2. The lowest BCUT2D eigenvalue weighted by Crippen LogP contribution is -2.52. The third kappa shape index (κ3) is 8.07. The van der Waals surface area contributed by atoms with Crippen LogP contribution in [0.1, 0.15) is 38.3 Å². The van der Waals surface area contributed by atoms with Gasteiger partial charge in [-0.15, -0.1) is 0 Å². The number of nitro groups is 1. The maximum atomic E-state index is 14.0. The van der Waals surface area contributed by atoms with Crippen LogP contribution in [0.15, 0.2) is 71.6 Å². The average Bonchev–Trinajstić information content (AvgIpc) is 2.98. The second-order valence-corrected chi connectivity index (χ2v) is 11.9. The number of nitrogens with zero attached hydrogens (tertiary/aromatic N) is 3. The zero-order valence-corrected chi connectivity index (χ0v) is 25.4.